The first-order chi connectivity index (χ1) is 24.5. The zero-order valence-corrected chi connectivity index (χ0v) is 29.0. The Balaban J connectivity index is 1.28. The number of nitrogens with one attached hydrogen (secondary N) is 2. The number of rotatable bonds is 15. The van der Waals surface area contributed by atoms with Crippen LogP contribution in [0.4, 0.5) is 5.95 Å². The van der Waals surface area contributed by atoms with Gasteiger partial charge in [0.2, 0.25) is 11.8 Å². The average Bonchev–Trinajstić information content (AvgIpc) is 3.62. The van der Waals surface area contributed by atoms with Crippen LogP contribution in [0.5, 0.6) is 5.88 Å². The highest BCUT2D eigenvalue weighted by Gasteiger charge is 2.66. The van der Waals surface area contributed by atoms with Gasteiger partial charge in [-0.2, -0.15) is 9.97 Å². The summed E-state index contributed by atoms with van der Waals surface area (Å²) >= 11 is 0. The van der Waals surface area contributed by atoms with Gasteiger partial charge >= 0.3 is 19.6 Å². The van der Waals surface area contributed by atoms with E-state index in [1.54, 1.807) is 79.1 Å². The van der Waals surface area contributed by atoms with Crippen LogP contribution in [0.15, 0.2) is 67.0 Å². The molecule has 0 radical (unpaired) electrons. The lowest BCUT2D eigenvalue weighted by atomic mass is 9.70. The molecule has 6 N–H and O–H groups in total. The van der Waals surface area contributed by atoms with Gasteiger partial charge in [-0.25, -0.2) is 24.7 Å². The van der Waals surface area contributed by atoms with E-state index in [4.69, 9.17) is 29.2 Å². The van der Waals surface area contributed by atoms with Crippen LogP contribution >= 0.6 is 7.67 Å². The number of anilines is 1. The molecular weight excluding hydrogens is 685 g/mol. The van der Waals surface area contributed by atoms with E-state index < -0.39 is 68.3 Å². The maximum Gasteiger partial charge on any atom is 0.342 e. The number of nitrogens with zero attached hydrogens (tertiary/aromatic N) is 4. The van der Waals surface area contributed by atoms with Crippen LogP contribution in [0.25, 0.3) is 11.2 Å². The van der Waals surface area contributed by atoms with Crippen molar-refractivity contribution in [1.82, 2.24) is 29.7 Å². The summed E-state index contributed by atoms with van der Waals surface area (Å²) < 4.78 is 44.6. The van der Waals surface area contributed by atoms with Crippen molar-refractivity contribution in [1.29, 1.82) is 0 Å². The molecule has 2 aromatic heterocycles. The van der Waals surface area contributed by atoms with Gasteiger partial charge in [-0.15, -0.1) is 0 Å². The van der Waals surface area contributed by atoms with Crippen LogP contribution in [-0.2, 0) is 32.9 Å². The Kier molecular flexibility index (Phi) is 10.7. The van der Waals surface area contributed by atoms with E-state index in [2.05, 4.69) is 25.1 Å². The van der Waals surface area contributed by atoms with Gasteiger partial charge in [-0.1, -0.05) is 60.7 Å². The summed E-state index contributed by atoms with van der Waals surface area (Å²) in [5, 5.41) is 28.3. The Bertz CT molecular complexity index is 1830. The number of benzene rings is 2. The minimum atomic E-state index is -4.48. The van der Waals surface area contributed by atoms with E-state index in [1.165, 1.54) is 13.4 Å². The highest BCUT2D eigenvalue weighted by molar-refractivity contribution is 7.54. The molecule has 6 rings (SSSR count). The lowest BCUT2D eigenvalue weighted by molar-refractivity contribution is -0.170. The molecule has 272 valence electrons. The fourth-order valence-corrected chi connectivity index (χ4v) is 8.15. The number of hydrogen-bond acceptors (Lipinski definition) is 14. The van der Waals surface area contributed by atoms with Gasteiger partial charge in [0.1, 0.15) is 36.0 Å². The topological polar surface area (TPSA) is 232 Å². The Hall–Kier alpha value is -4.48. The minimum Gasteiger partial charge on any atom is -0.479 e. The summed E-state index contributed by atoms with van der Waals surface area (Å²) in [4.78, 5) is 39.2. The number of nitrogens with two attached hydrogens (primary N) is 1. The van der Waals surface area contributed by atoms with Gasteiger partial charge in [0, 0.05) is 6.42 Å². The Morgan fingerprint density at radius 1 is 1.02 bits per heavy atom. The molecule has 51 heavy (non-hydrogen) atoms. The minimum absolute atomic E-state index is 0.0404. The van der Waals surface area contributed by atoms with Gasteiger partial charge < -0.3 is 44.0 Å². The lowest BCUT2D eigenvalue weighted by Gasteiger charge is -2.47. The molecule has 1 aliphatic carbocycles. The van der Waals surface area contributed by atoms with Crippen LogP contribution in [0, 0.1) is 0 Å². The van der Waals surface area contributed by atoms with Crippen LogP contribution in [0.1, 0.15) is 49.5 Å². The number of fused-ring (bicyclic) bond motifs is 2. The summed E-state index contributed by atoms with van der Waals surface area (Å²) in [6.07, 6.45) is -2.07. The van der Waals surface area contributed by atoms with Crippen LogP contribution < -0.4 is 20.6 Å². The highest BCUT2D eigenvalue weighted by atomic mass is 31.2. The predicted molar refractivity (Wildman–Crippen MR) is 181 cm³/mol. The van der Waals surface area contributed by atoms with Gasteiger partial charge in [-0.05, 0) is 25.0 Å². The molecule has 17 nitrogen and oxygen atoms in total. The van der Waals surface area contributed by atoms with Gasteiger partial charge in [0.15, 0.2) is 11.2 Å². The second kappa shape index (κ2) is 15.0. The van der Waals surface area contributed by atoms with Crippen LogP contribution in [0.2, 0.25) is 0 Å². The van der Waals surface area contributed by atoms with Crippen molar-refractivity contribution in [2.75, 3.05) is 32.7 Å². The summed E-state index contributed by atoms with van der Waals surface area (Å²) in [7, 11) is -3.06. The predicted octanol–water partition coefficient (Wildman–Crippen LogP) is 2.13. The Morgan fingerprint density at radius 3 is 2.12 bits per heavy atom. The molecular formula is C33H40N7O10P. The SMILES string of the molecule is CCOC(=O)[C@@H](NP(=O)(N[C@H](C(=O)OCC)c1ccccc1)OC[C@H]1O[C@H]2C(n3cnc4c(OC)nc(N)nc43)CC2(O)C1O)c1ccccc1. The summed E-state index contributed by atoms with van der Waals surface area (Å²) in [6.45, 7) is 2.82. The van der Waals surface area contributed by atoms with Crippen molar-refractivity contribution in [3.63, 3.8) is 0 Å². The van der Waals surface area contributed by atoms with Crippen molar-refractivity contribution in [3.05, 3.63) is 78.1 Å². The molecule has 0 amide bonds. The summed E-state index contributed by atoms with van der Waals surface area (Å²) in [5.41, 5.74) is 5.71. The number of carbonyl (C=O) groups is 2. The normalized spacial score (nSPS) is 23.9. The lowest BCUT2D eigenvalue weighted by Crippen LogP contribution is -2.61. The quantitative estimate of drug-likeness (QED) is 0.0873. The number of aromatic nitrogens is 4. The Morgan fingerprint density at radius 2 is 1.59 bits per heavy atom. The summed E-state index contributed by atoms with van der Waals surface area (Å²) in [6, 6.07) is 13.7. The third-order valence-corrected chi connectivity index (χ3v) is 10.6. The monoisotopic (exact) mass is 725 g/mol. The van der Waals surface area contributed by atoms with Crippen molar-refractivity contribution in [2.24, 2.45) is 0 Å². The number of hydrogen-bond donors (Lipinski definition) is 5. The third-order valence-electron chi connectivity index (χ3n) is 8.85. The summed E-state index contributed by atoms with van der Waals surface area (Å²) in [5.74, 6) is -1.36. The van der Waals surface area contributed by atoms with Crippen molar-refractivity contribution >= 4 is 36.7 Å². The largest absolute Gasteiger partial charge is 0.479 e. The van der Waals surface area contributed by atoms with Crippen molar-refractivity contribution in [2.45, 2.75) is 62.3 Å². The molecule has 1 saturated carbocycles. The van der Waals surface area contributed by atoms with E-state index >= 15 is 0 Å². The van der Waals surface area contributed by atoms with Gasteiger partial charge in [0.05, 0.1) is 39.3 Å². The smallest absolute Gasteiger partial charge is 0.342 e. The third kappa shape index (κ3) is 7.19. The number of nitrogen functional groups attached to an aromatic ring is 1. The fraction of sp³-hybridized carbons (Fsp3) is 0.424. The number of carbonyl (C=O) groups excluding carboxylic acids is 2. The molecule has 0 bridgehead atoms. The molecule has 3 unspecified atom stereocenters. The first-order valence-electron chi connectivity index (χ1n) is 16.3. The van der Waals surface area contributed by atoms with E-state index in [-0.39, 0.29) is 31.5 Å². The van der Waals surface area contributed by atoms with E-state index in [1.807, 2.05) is 0 Å². The number of aliphatic hydroxyl groups is 2. The molecule has 4 aromatic rings. The van der Waals surface area contributed by atoms with Gasteiger partial charge in [-0.3, -0.25) is 4.57 Å². The standard InChI is InChI=1S/C33H40N7O10P/c1-4-47-30(42)23(19-12-8-6-9-13-19)38-51(45,39-24(31(43)48-5-2)20-14-10-7-11-15-20)49-17-22-26(41)33(44)16-21(27(33)50-22)40-18-35-25-28(40)36-32(34)37-29(25)46-3/h6-15,18,21-24,26-27,41,44H,4-5,16-17H2,1-3H3,(H2,34,36,37)(H2,38,39,45)/t21?,22-,23+,24+,26?,27+,33?/m1/s1. The number of aliphatic hydroxyl groups excluding tert-OH is 1. The Labute approximate surface area is 293 Å². The number of imidazole rings is 1. The first kappa shape index (κ1) is 36.3. The molecule has 2 aliphatic rings. The number of ether oxygens (including phenoxy) is 4. The highest BCUT2D eigenvalue weighted by Crippen LogP contribution is 2.54. The molecule has 1 aliphatic heterocycles. The fourth-order valence-electron chi connectivity index (χ4n) is 6.38. The molecule has 18 heteroatoms. The molecule has 7 atom stereocenters. The second-order valence-corrected chi connectivity index (χ2v) is 13.9. The van der Waals surface area contributed by atoms with E-state index in [0.29, 0.717) is 22.3 Å². The first-order valence-corrected chi connectivity index (χ1v) is 18.0. The van der Waals surface area contributed by atoms with Crippen LogP contribution in [-0.4, -0.2) is 92.5 Å². The maximum atomic E-state index is 14.9. The molecule has 3 heterocycles. The average molecular weight is 726 g/mol. The molecule has 1 saturated heterocycles. The van der Waals surface area contributed by atoms with E-state index in [9.17, 15) is 24.4 Å². The molecule has 2 fully saturated rings. The van der Waals surface area contributed by atoms with Gasteiger partial charge in [0.25, 0.3) is 0 Å². The molecule has 2 aromatic carbocycles. The van der Waals surface area contributed by atoms with Crippen molar-refractivity contribution in [3.8, 4) is 5.88 Å². The maximum absolute atomic E-state index is 14.9. The second-order valence-electron chi connectivity index (χ2n) is 12.0. The number of methoxy groups -OCH3 is 1. The number of esters is 2. The zero-order valence-electron chi connectivity index (χ0n) is 28.1. The van der Waals surface area contributed by atoms with E-state index in [0.717, 1.165) is 0 Å². The van der Waals surface area contributed by atoms with Crippen LogP contribution in [0.3, 0.4) is 0 Å². The van der Waals surface area contributed by atoms with Crippen molar-refractivity contribution < 1.29 is 47.8 Å². The molecule has 0 spiro atoms. The zero-order chi connectivity index (χ0) is 36.3.